The van der Waals surface area contributed by atoms with Gasteiger partial charge in [0, 0.05) is 17.7 Å². The number of carbonyl (C=O) groups is 3. The molecular formula is C27H24N2O6. The molecule has 3 aromatic carbocycles. The summed E-state index contributed by atoms with van der Waals surface area (Å²) in [4.78, 5) is 35.1. The Balaban J connectivity index is 1.32. The molecule has 1 atom stereocenters. The van der Waals surface area contributed by atoms with Crippen LogP contribution in [0.15, 0.2) is 78.9 Å². The quantitative estimate of drug-likeness (QED) is 0.371. The van der Waals surface area contributed by atoms with Crippen molar-refractivity contribution in [2.24, 2.45) is 0 Å². The van der Waals surface area contributed by atoms with Crippen LogP contribution in [0.5, 0.6) is 0 Å². The second-order valence-electron chi connectivity index (χ2n) is 7.99. The van der Waals surface area contributed by atoms with Gasteiger partial charge in [-0.25, -0.2) is 9.59 Å². The first-order valence-electron chi connectivity index (χ1n) is 11.0. The van der Waals surface area contributed by atoms with E-state index in [1.165, 1.54) is 12.2 Å². The van der Waals surface area contributed by atoms with Gasteiger partial charge in [-0.3, -0.25) is 10.1 Å². The smallest absolute Gasteiger partial charge is 0.411 e. The van der Waals surface area contributed by atoms with Crippen molar-refractivity contribution in [1.82, 2.24) is 5.32 Å². The van der Waals surface area contributed by atoms with E-state index in [1.807, 2.05) is 24.3 Å². The summed E-state index contributed by atoms with van der Waals surface area (Å²) in [6, 6.07) is 21.5. The lowest BCUT2D eigenvalue weighted by Crippen LogP contribution is -2.42. The SMILES string of the molecule is O=C(/C=C/c1ccc(NC(=O)OCC2c3ccccc3-c3ccccc32)cc1)N[C@H](CO)C(=O)O. The molecule has 0 spiro atoms. The highest BCUT2D eigenvalue weighted by molar-refractivity contribution is 5.94. The highest BCUT2D eigenvalue weighted by atomic mass is 16.5. The zero-order valence-electron chi connectivity index (χ0n) is 18.7. The molecule has 3 aromatic rings. The number of amides is 2. The number of nitrogens with one attached hydrogen (secondary N) is 2. The molecule has 4 rings (SSSR count). The molecule has 35 heavy (non-hydrogen) atoms. The molecule has 0 aromatic heterocycles. The van der Waals surface area contributed by atoms with E-state index >= 15 is 0 Å². The van der Waals surface area contributed by atoms with Gasteiger partial charge < -0.3 is 20.3 Å². The monoisotopic (exact) mass is 472 g/mol. The highest BCUT2D eigenvalue weighted by Gasteiger charge is 2.29. The Morgan fingerprint density at radius 2 is 1.51 bits per heavy atom. The van der Waals surface area contributed by atoms with Crippen molar-refractivity contribution in [3.63, 3.8) is 0 Å². The molecule has 0 saturated carbocycles. The maximum Gasteiger partial charge on any atom is 0.411 e. The summed E-state index contributed by atoms with van der Waals surface area (Å²) in [5, 5.41) is 22.7. The Labute approximate surface area is 201 Å². The first-order chi connectivity index (χ1) is 17.0. The second-order valence-corrected chi connectivity index (χ2v) is 7.99. The van der Waals surface area contributed by atoms with Crippen LogP contribution in [-0.2, 0) is 14.3 Å². The van der Waals surface area contributed by atoms with Crippen molar-refractivity contribution in [1.29, 1.82) is 0 Å². The minimum Gasteiger partial charge on any atom is -0.480 e. The van der Waals surface area contributed by atoms with E-state index in [2.05, 4.69) is 34.9 Å². The molecule has 2 amide bonds. The molecule has 8 nitrogen and oxygen atoms in total. The first kappa shape index (κ1) is 23.7. The van der Waals surface area contributed by atoms with Gasteiger partial charge in [-0.1, -0.05) is 60.7 Å². The molecule has 0 unspecified atom stereocenters. The zero-order chi connectivity index (χ0) is 24.8. The van der Waals surface area contributed by atoms with E-state index in [0.29, 0.717) is 11.3 Å². The Kier molecular flexibility index (Phi) is 7.23. The number of hydrogen-bond acceptors (Lipinski definition) is 5. The normalized spacial score (nSPS) is 13.1. The average molecular weight is 472 g/mol. The third-order valence-electron chi connectivity index (χ3n) is 5.73. The maximum atomic E-state index is 12.4. The fourth-order valence-corrected chi connectivity index (χ4v) is 4.01. The molecule has 0 fully saturated rings. The summed E-state index contributed by atoms with van der Waals surface area (Å²) in [5.74, 6) is -2.00. The molecule has 8 heteroatoms. The highest BCUT2D eigenvalue weighted by Crippen LogP contribution is 2.44. The molecule has 178 valence electrons. The van der Waals surface area contributed by atoms with Gasteiger partial charge in [0.05, 0.1) is 6.61 Å². The summed E-state index contributed by atoms with van der Waals surface area (Å²) in [6.07, 6.45) is 2.08. The largest absolute Gasteiger partial charge is 0.480 e. The summed E-state index contributed by atoms with van der Waals surface area (Å²) >= 11 is 0. The molecule has 0 heterocycles. The van der Waals surface area contributed by atoms with E-state index < -0.39 is 30.6 Å². The standard InChI is InChI=1S/C27H24N2O6/c30-15-24(26(32)33)29-25(31)14-11-17-9-12-18(13-10-17)28-27(34)35-16-23-21-7-3-1-5-19(21)20-6-2-4-8-22(20)23/h1-14,23-24,30H,15-16H2,(H,28,34)(H,29,31)(H,32,33)/b14-11+/t24-/m1/s1. The van der Waals surface area contributed by atoms with E-state index in [1.54, 1.807) is 24.3 Å². The van der Waals surface area contributed by atoms with Crippen LogP contribution in [0.2, 0.25) is 0 Å². The number of anilines is 1. The van der Waals surface area contributed by atoms with Crippen LogP contribution in [0, 0.1) is 0 Å². The van der Waals surface area contributed by atoms with Crippen molar-refractivity contribution in [2.45, 2.75) is 12.0 Å². The predicted octanol–water partition coefficient (Wildman–Crippen LogP) is 3.62. The van der Waals surface area contributed by atoms with Gasteiger partial charge in [0.1, 0.15) is 6.61 Å². The van der Waals surface area contributed by atoms with Crippen molar-refractivity contribution < 1.29 is 29.3 Å². The topological polar surface area (TPSA) is 125 Å². The molecule has 0 radical (unpaired) electrons. The number of hydrogen-bond donors (Lipinski definition) is 4. The number of ether oxygens (including phenoxy) is 1. The number of carboxylic acid groups (broad SMARTS) is 1. The van der Waals surface area contributed by atoms with Gasteiger partial charge in [-0.15, -0.1) is 0 Å². The minimum absolute atomic E-state index is 0.0293. The lowest BCUT2D eigenvalue weighted by molar-refractivity contribution is -0.142. The Morgan fingerprint density at radius 1 is 0.914 bits per heavy atom. The van der Waals surface area contributed by atoms with Gasteiger partial charge in [-0.05, 0) is 46.0 Å². The third kappa shape index (κ3) is 5.56. The third-order valence-corrected chi connectivity index (χ3v) is 5.73. The van der Waals surface area contributed by atoms with Crippen molar-refractivity contribution in [3.05, 3.63) is 95.6 Å². The molecule has 1 aliphatic rings. The predicted molar refractivity (Wildman–Crippen MR) is 131 cm³/mol. The number of carboxylic acids is 1. The average Bonchev–Trinajstić information content (AvgIpc) is 3.19. The lowest BCUT2D eigenvalue weighted by Gasteiger charge is -2.14. The van der Waals surface area contributed by atoms with Crippen LogP contribution in [0.4, 0.5) is 10.5 Å². The molecule has 1 aliphatic carbocycles. The summed E-state index contributed by atoms with van der Waals surface area (Å²) in [5.41, 5.74) is 5.77. The van der Waals surface area contributed by atoms with E-state index in [0.717, 1.165) is 22.3 Å². The number of rotatable bonds is 8. The summed E-state index contributed by atoms with van der Waals surface area (Å²) in [7, 11) is 0. The van der Waals surface area contributed by atoms with Crippen LogP contribution >= 0.6 is 0 Å². The Hall–Kier alpha value is -4.43. The van der Waals surface area contributed by atoms with E-state index in [-0.39, 0.29) is 12.5 Å². The maximum absolute atomic E-state index is 12.4. The number of carbonyl (C=O) groups excluding carboxylic acids is 2. The molecule has 0 aliphatic heterocycles. The van der Waals surface area contributed by atoms with Crippen molar-refractivity contribution >= 4 is 29.7 Å². The zero-order valence-corrected chi connectivity index (χ0v) is 18.7. The van der Waals surface area contributed by atoms with Crippen LogP contribution in [0.3, 0.4) is 0 Å². The number of benzene rings is 3. The first-order valence-corrected chi connectivity index (χ1v) is 11.0. The number of aliphatic carboxylic acids is 1. The van der Waals surface area contributed by atoms with Crippen LogP contribution in [0.1, 0.15) is 22.6 Å². The van der Waals surface area contributed by atoms with Crippen molar-refractivity contribution in [3.8, 4) is 11.1 Å². The van der Waals surface area contributed by atoms with Crippen molar-refractivity contribution in [2.75, 3.05) is 18.5 Å². The van der Waals surface area contributed by atoms with Gasteiger partial charge in [0.15, 0.2) is 6.04 Å². The summed E-state index contributed by atoms with van der Waals surface area (Å²) in [6.45, 7) is -0.494. The molecular weight excluding hydrogens is 448 g/mol. The fourth-order valence-electron chi connectivity index (χ4n) is 4.01. The van der Waals surface area contributed by atoms with E-state index in [9.17, 15) is 14.4 Å². The van der Waals surface area contributed by atoms with Gasteiger partial charge in [-0.2, -0.15) is 0 Å². The summed E-state index contributed by atoms with van der Waals surface area (Å²) < 4.78 is 5.53. The molecule has 4 N–H and O–H groups in total. The number of fused-ring (bicyclic) bond motifs is 3. The lowest BCUT2D eigenvalue weighted by atomic mass is 9.98. The van der Waals surface area contributed by atoms with Gasteiger partial charge in [0.25, 0.3) is 0 Å². The fraction of sp³-hybridized carbons (Fsp3) is 0.148. The van der Waals surface area contributed by atoms with Crippen LogP contribution in [0.25, 0.3) is 17.2 Å². The molecule has 0 saturated heterocycles. The minimum atomic E-state index is -1.36. The van der Waals surface area contributed by atoms with Gasteiger partial charge in [0.2, 0.25) is 5.91 Å². The Bertz CT molecular complexity index is 1220. The number of aliphatic hydroxyl groups excluding tert-OH is 1. The van der Waals surface area contributed by atoms with Crippen LogP contribution < -0.4 is 10.6 Å². The van der Waals surface area contributed by atoms with Gasteiger partial charge >= 0.3 is 12.1 Å². The van der Waals surface area contributed by atoms with E-state index in [4.69, 9.17) is 14.9 Å². The van der Waals surface area contributed by atoms with Crippen LogP contribution in [-0.4, -0.2) is 47.4 Å². The number of aliphatic hydroxyl groups is 1. The second kappa shape index (κ2) is 10.7. The molecule has 0 bridgehead atoms. The Morgan fingerprint density at radius 3 is 2.09 bits per heavy atom.